The number of para-hydroxylation sites is 1. The molecule has 1 aromatic carbocycles. The lowest BCUT2D eigenvalue weighted by Gasteiger charge is -2.09. The number of rotatable bonds is 9. The Morgan fingerprint density at radius 3 is 2.93 bits per heavy atom. The molecule has 4 rings (SSSR count). The molecule has 0 N–H and O–H groups in total. The second kappa shape index (κ2) is 9.06. The van der Waals surface area contributed by atoms with Crippen molar-refractivity contribution < 1.29 is 13.5 Å². The molecule has 0 fully saturated rings. The maximum atomic E-state index is 13.8. The molecule has 4 aromatic rings. The number of nitrogens with zero attached hydrogens (tertiary/aromatic N) is 4. The number of hydrogen-bond donors (Lipinski definition) is 0. The second-order valence-electron chi connectivity index (χ2n) is 5.93. The number of thiophene rings is 1. The smallest absolute Gasteiger partial charge is 0.236 e. The number of benzene rings is 1. The summed E-state index contributed by atoms with van der Waals surface area (Å²) in [6.45, 7) is 4.41. The minimum atomic E-state index is -0.413. The standard InChI is InChI=1S/C20H17FN4O2S2/c1-2-9-25-18(12-26-16-7-4-3-6-15(16)21)23-24-20(25)29-13-14-11-27-19(22-14)17-8-5-10-28-17/h2-8,10-11H,1,9,12-13H2. The van der Waals surface area contributed by atoms with Gasteiger partial charge in [-0.3, -0.25) is 4.57 Å². The van der Waals surface area contributed by atoms with E-state index in [1.165, 1.54) is 17.8 Å². The molecule has 6 nitrogen and oxygen atoms in total. The molecule has 9 heteroatoms. The molecule has 0 saturated carbocycles. The summed E-state index contributed by atoms with van der Waals surface area (Å²) < 4.78 is 26.8. The molecule has 0 aliphatic heterocycles. The highest BCUT2D eigenvalue weighted by Gasteiger charge is 2.15. The molecule has 0 unspecified atom stereocenters. The largest absolute Gasteiger partial charge is 0.483 e. The average molecular weight is 429 g/mol. The Labute approximate surface area is 175 Å². The Morgan fingerprint density at radius 2 is 2.14 bits per heavy atom. The Bertz CT molecular complexity index is 1090. The Morgan fingerprint density at radius 1 is 1.24 bits per heavy atom. The SMILES string of the molecule is C=CCn1c(COc2ccccc2F)nnc1SCc1coc(-c2cccs2)n1. The third-order valence-corrected chi connectivity index (χ3v) is 5.79. The second-order valence-corrected chi connectivity index (χ2v) is 7.82. The lowest BCUT2D eigenvalue weighted by Crippen LogP contribution is -2.08. The van der Waals surface area contributed by atoms with Crippen LogP contribution in [-0.4, -0.2) is 19.7 Å². The van der Waals surface area contributed by atoms with Crippen LogP contribution in [0.5, 0.6) is 5.75 Å². The van der Waals surface area contributed by atoms with Crippen LogP contribution in [0.15, 0.2) is 70.3 Å². The fraction of sp³-hybridized carbons (Fsp3) is 0.150. The number of hydrogen-bond acceptors (Lipinski definition) is 7. The summed E-state index contributed by atoms with van der Waals surface area (Å²) in [5, 5.41) is 11.1. The molecule has 0 bridgehead atoms. The van der Waals surface area contributed by atoms with E-state index in [1.807, 2.05) is 22.1 Å². The van der Waals surface area contributed by atoms with Crippen LogP contribution >= 0.6 is 23.1 Å². The summed E-state index contributed by atoms with van der Waals surface area (Å²) in [7, 11) is 0. The first-order valence-electron chi connectivity index (χ1n) is 8.76. The Balaban J connectivity index is 1.43. The Hall–Kier alpha value is -2.91. The summed E-state index contributed by atoms with van der Waals surface area (Å²) in [6.07, 6.45) is 3.41. The highest BCUT2D eigenvalue weighted by Crippen LogP contribution is 2.27. The summed E-state index contributed by atoms with van der Waals surface area (Å²) in [4.78, 5) is 5.50. The zero-order chi connectivity index (χ0) is 20.1. The molecule has 0 atom stereocenters. The van der Waals surface area contributed by atoms with Crippen molar-refractivity contribution in [3.05, 3.63) is 78.0 Å². The van der Waals surface area contributed by atoms with Crippen molar-refractivity contribution >= 4 is 23.1 Å². The monoisotopic (exact) mass is 428 g/mol. The molecule has 0 amide bonds. The van der Waals surface area contributed by atoms with E-state index in [1.54, 1.807) is 41.9 Å². The van der Waals surface area contributed by atoms with E-state index in [4.69, 9.17) is 9.15 Å². The van der Waals surface area contributed by atoms with Gasteiger partial charge in [-0.1, -0.05) is 36.0 Å². The number of halogens is 1. The summed E-state index contributed by atoms with van der Waals surface area (Å²) in [5.41, 5.74) is 0.815. The van der Waals surface area contributed by atoms with Crippen molar-refractivity contribution in [1.29, 1.82) is 0 Å². The lowest BCUT2D eigenvalue weighted by atomic mass is 10.3. The van der Waals surface area contributed by atoms with Gasteiger partial charge >= 0.3 is 0 Å². The number of thioether (sulfide) groups is 1. The first-order valence-corrected chi connectivity index (χ1v) is 10.6. The van der Waals surface area contributed by atoms with Gasteiger partial charge in [0.1, 0.15) is 12.9 Å². The van der Waals surface area contributed by atoms with Gasteiger partial charge < -0.3 is 9.15 Å². The van der Waals surface area contributed by atoms with Crippen LogP contribution in [0.25, 0.3) is 10.8 Å². The molecule has 0 saturated heterocycles. The first-order chi connectivity index (χ1) is 14.2. The molecule has 29 heavy (non-hydrogen) atoms. The molecular weight excluding hydrogens is 411 g/mol. The van der Waals surface area contributed by atoms with Crippen LogP contribution in [0, 0.1) is 5.82 Å². The van der Waals surface area contributed by atoms with Gasteiger partial charge in [0.15, 0.2) is 22.5 Å². The molecule has 0 aliphatic rings. The molecular formula is C20H17FN4O2S2. The van der Waals surface area contributed by atoms with Gasteiger partial charge in [0.2, 0.25) is 5.89 Å². The zero-order valence-electron chi connectivity index (χ0n) is 15.3. The molecule has 3 aromatic heterocycles. The van der Waals surface area contributed by atoms with Gasteiger partial charge in [0, 0.05) is 12.3 Å². The van der Waals surface area contributed by atoms with Gasteiger partial charge in [0.25, 0.3) is 0 Å². The fourth-order valence-electron chi connectivity index (χ4n) is 2.57. The zero-order valence-corrected chi connectivity index (χ0v) is 17.0. The topological polar surface area (TPSA) is 66.0 Å². The number of oxazole rings is 1. The van der Waals surface area contributed by atoms with E-state index in [-0.39, 0.29) is 12.4 Å². The highest BCUT2D eigenvalue weighted by molar-refractivity contribution is 7.98. The first kappa shape index (κ1) is 19.4. The molecule has 0 spiro atoms. The number of allylic oxidation sites excluding steroid dienone is 1. The number of ether oxygens (including phenoxy) is 1. The van der Waals surface area contributed by atoms with Gasteiger partial charge in [-0.25, -0.2) is 9.37 Å². The minimum absolute atomic E-state index is 0.106. The van der Waals surface area contributed by atoms with Crippen molar-refractivity contribution in [3.63, 3.8) is 0 Å². The third kappa shape index (κ3) is 4.57. The summed E-state index contributed by atoms with van der Waals surface area (Å²) >= 11 is 3.07. The third-order valence-electron chi connectivity index (χ3n) is 3.93. The van der Waals surface area contributed by atoms with E-state index in [0.717, 1.165) is 10.6 Å². The van der Waals surface area contributed by atoms with Crippen molar-refractivity contribution in [2.75, 3.05) is 0 Å². The quantitative estimate of drug-likeness (QED) is 0.270. The van der Waals surface area contributed by atoms with E-state index >= 15 is 0 Å². The Kier molecular flexibility index (Phi) is 6.06. The van der Waals surface area contributed by atoms with Crippen LogP contribution in [0.4, 0.5) is 4.39 Å². The van der Waals surface area contributed by atoms with Crippen molar-refractivity contribution in [2.24, 2.45) is 0 Å². The van der Waals surface area contributed by atoms with Crippen LogP contribution in [0.3, 0.4) is 0 Å². The summed E-state index contributed by atoms with van der Waals surface area (Å²) in [6, 6.07) is 10.2. The predicted molar refractivity (Wildman–Crippen MR) is 110 cm³/mol. The molecule has 0 aliphatic carbocycles. The predicted octanol–water partition coefficient (Wildman–Crippen LogP) is 5.19. The van der Waals surface area contributed by atoms with Crippen LogP contribution in [0.2, 0.25) is 0 Å². The van der Waals surface area contributed by atoms with Crippen LogP contribution < -0.4 is 4.74 Å². The van der Waals surface area contributed by atoms with Gasteiger partial charge in [0.05, 0.1) is 10.6 Å². The van der Waals surface area contributed by atoms with Crippen molar-refractivity contribution in [2.45, 2.75) is 24.1 Å². The van der Waals surface area contributed by atoms with E-state index in [9.17, 15) is 4.39 Å². The fourth-order valence-corrected chi connectivity index (χ4v) is 4.07. The maximum Gasteiger partial charge on any atom is 0.236 e. The minimum Gasteiger partial charge on any atom is -0.483 e. The van der Waals surface area contributed by atoms with Crippen molar-refractivity contribution in [1.82, 2.24) is 19.7 Å². The number of aromatic nitrogens is 4. The average Bonchev–Trinajstić information content (AvgIpc) is 3.47. The van der Waals surface area contributed by atoms with Gasteiger partial charge in [-0.15, -0.1) is 28.1 Å². The lowest BCUT2D eigenvalue weighted by molar-refractivity contribution is 0.275. The molecule has 148 valence electrons. The van der Waals surface area contributed by atoms with E-state index in [0.29, 0.717) is 29.2 Å². The summed E-state index contributed by atoms with van der Waals surface area (Å²) in [5.74, 6) is 1.55. The van der Waals surface area contributed by atoms with Gasteiger partial charge in [-0.05, 0) is 23.6 Å². The van der Waals surface area contributed by atoms with E-state index in [2.05, 4.69) is 21.8 Å². The van der Waals surface area contributed by atoms with E-state index < -0.39 is 5.82 Å². The van der Waals surface area contributed by atoms with Crippen LogP contribution in [-0.2, 0) is 18.9 Å². The molecule has 0 radical (unpaired) electrons. The van der Waals surface area contributed by atoms with Crippen molar-refractivity contribution in [3.8, 4) is 16.5 Å². The highest BCUT2D eigenvalue weighted by atomic mass is 32.2. The van der Waals surface area contributed by atoms with Crippen LogP contribution in [0.1, 0.15) is 11.5 Å². The van der Waals surface area contributed by atoms with Gasteiger partial charge in [-0.2, -0.15) is 0 Å². The maximum absolute atomic E-state index is 13.8. The molecule has 3 heterocycles. The normalized spacial score (nSPS) is 10.9.